The number of hydrogen-bond acceptors (Lipinski definition) is 2. The summed E-state index contributed by atoms with van der Waals surface area (Å²) >= 11 is 0. The van der Waals surface area contributed by atoms with E-state index in [0.29, 0.717) is 24.5 Å². The number of rotatable bonds is 1. The maximum atomic E-state index is 12.8. The third-order valence-electron chi connectivity index (χ3n) is 7.24. The molecule has 0 aromatic heterocycles. The van der Waals surface area contributed by atoms with E-state index in [1.807, 2.05) is 13.0 Å². The van der Waals surface area contributed by atoms with Gasteiger partial charge in [0.15, 0.2) is 5.78 Å². The molecule has 0 aliphatic heterocycles. The Kier molecular flexibility index (Phi) is 3.49. The highest BCUT2D eigenvalue weighted by Gasteiger charge is 2.57. The zero-order valence-electron chi connectivity index (χ0n) is 14.5. The first-order valence-corrected chi connectivity index (χ1v) is 8.72. The van der Waals surface area contributed by atoms with Crippen LogP contribution < -0.4 is 0 Å². The van der Waals surface area contributed by atoms with E-state index in [4.69, 9.17) is 0 Å². The first-order chi connectivity index (χ1) is 10.1. The summed E-state index contributed by atoms with van der Waals surface area (Å²) in [5, 5.41) is 10.7. The van der Waals surface area contributed by atoms with E-state index >= 15 is 0 Å². The minimum atomic E-state index is -0.463. The van der Waals surface area contributed by atoms with E-state index in [1.165, 1.54) is 19.3 Å². The Hall–Kier alpha value is -0.890. The van der Waals surface area contributed by atoms with Crippen LogP contribution in [0.2, 0.25) is 0 Å². The molecule has 3 rings (SSSR count). The monoisotopic (exact) mass is 302 g/mol. The summed E-state index contributed by atoms with van der Waals surface area (Å²) in [5.41, 5.74) is 0.877. The Morgan fingerprint density at radius 3 is 2.59 bits per heavy atom. The molecule has 5 atom stereocenters. The Morgan fingerprint density at radius 1 is 1.27 bits per heavy atom. The summed E-state index contributed by atoms with van der Waals surface area (Å²) in [5.74, 6) is 0.951. The van der Waals surface area contributed by atoms with Crippen molar-refractivity contribution in [3.8, 4) is 0 Å². The van der Waals surface area contributed by atoms with Crippen molar-refractivity contribution in [1.29, 1.82) is 0 Å². The molecule has 0 heterocycles. The Balaban J connectivity index is 2.08. The largest absolute Gasteiger partial charge is 0.392 e. The van der Waals surface area contributed by atoms with Crippen molar-refractivity contribution < 1.29 is 9.90 Å². The van der Waals surface area contributed by atoms with E-state index in [1.54, 1.807) is 6.08 Å². The van der Waals surface area contributed by atoms with Crippen LogP contribution in [0, 0.1) is 28.1 Å². The lowest BCUT2D eigenvalue weighted by Gasteiger charge is -2.59. The summed E-state index contributed by atoms with van der Waals surface area (Å²) in [7, 11) is 0. The number of carbonyl (C=O) groups excluding carboxylic acids is 1. The molecule has 0 unspecified atom stereocenters. The third-order valence-corrected chi connectivity index (χ3v) is 7.24. The minimum absolute atomic E-state index is 0.144. The maximum Gasteiger partial charge on any atom is 0.159 e. The Bertz CT molecular complexity index is 544. The first kappa shape index (κ1) is 16.0. The van der Waals surface area contributed by atoms with Gasteiger partial charge in [-0.25, -0.2) is 0 Å². The lowest BCUT2D eigenvalue weighted by atomic mass is 9.45. The number of ketones is 1. The van der Waals surface area contributed by atoms with Gasteiger partial charge in [0, 0.05) is 11.8 Å². The zero-order chi connectivity index (χ0) is 16.3. The standard InChI is InChI=1S/C20H30O2/c1-6-19(4)12-13-14(10-17(19)22)20(5)9-7-8-18(2,3)16(20)11-15(13)21/h6,12,14,16-17,22H,1,7-11H2,2-5H3/t14-,16+,17+,19+,20+/m0/s1. The van der Waals surface area contributed by atoms with Crippen LogP contribution in [-0.4, -0.2) is 17.0 Å². The van der Waals surface area contributed by atoms with Crippen molar-refractivity contribution in [3.05, 3.63) is 24.3 Å². The van der Waals surface area contributed by atoms with Gasteiger partial charge in [0.2, 0.25) is 0 Å². The van der Waals surface area contributed by atoms with Crippen LogP contribution in [0.3, 0.4) is 0 Å². The number of aliphatic hydroxyl groups is 1. The predicted molar refractivity (Wildman–Crippen MR) is 89.4 cm³/mol. The highest BCUT2D eigenvalue weighted by molar-refractivity contribution is 5.97. The summed E-state index contributed by atoms with van der Waals surface area (Å²) in [6, 6.07) is 0. The van der Waals surface area contributed by atoms with Gasteiger partial charge in [-0.2, -0.15) is 0 Å². The molecule has 0 aromatic rings. The van der Waals surface area contributed by atoms with E-state index in [0.717, 1.165) is 5.57 Å². The van der Waals surface area contributed by atoms with Gasteiger partial charge in [-0.15, -0.1) is 6.58 Å². The molecule has 0 bridgehead atoms. The number of aliphatic hydroxyl groups excluding tert-OH is 1. The molecule has 1 N–H and O–H groups in total. The SMILES string of the molecule is C=C[C@]1(C)C=C2C(=O)C[C@@H]3C(C)(C)CCC[C@]3(C)[C@H]2C[C@H]1O. The number of allylic oxidation sites excluding steroid dienone is 1. The number of fused-ring (bicyclic) bond motifs is 3. The molecule has 0 aromatic carbocycles. The number of hydrogen-bond donors (Lipinski definition) is 1. The topological polar surface area (TPSA) is 37.3 Å². The Morgan fingerprint density at radius 2 is 1.95 bits per heavy atom. The first-order valence-electron chi connectivity index (χ1n) is 8.72. The molecule has 2 saturated carbocycles. The van der Waals surface area contributed by atoms with Gasteiger partial charge in [-0.05, 0) is 47.5 Å². The number of Topliss-reactive ketones (excluding diaryl/α,β-unsaturated/α-hetero) is 1. The summed E-state index contributed by atoms with van der Waals surface area (Å²) in [4.78, 5) is 12.8. The molecule has 2 heteroatoms. The van der Waals surface area contributed by atoms with Crippen LogP contribution in [0.15, 0.2) is 24.3 Å². The van der Waals surface area contributed by atoms with Crippen LogP contribution >= 0.6 is 0 Å². The van der Waals surface area contributed by atoms with Gasteiger partial charge in [0.05, 0.1) is 6.10 Å². The summed E-state index contributed by atoms with van der Waals surface area (Å²) in [6.07, 6.45) is 8.38. The zero-order valence-corrected chi connectivity index (χ0v) is 14.5. The molecular formula is C20H30O2. The van der Waals surface area contributed by atoms with E-state index in [2.05, 4.69) is 27.4 Å². The molecule has 0 amide bonds. The highest BCUT2D eigenvalue weighted by atomic mass is 16.3. The van der Waals surface area contributed by atoms with Crippen LogP contribution in [0.1, 0.15) is 59.8 Å². The van der Waals surface area contributed by atoms with Gasteiger partial charge < -0.3 is 5.11 Å². The number of carbonyl (C=O) groups is 1. The molecule has 2 nitrogen and oxygen atoms in total. The van der Waals surface area contributed by atoms with Crippen molar-refractivity contribution >= 4 is 5.78 Å². The van der Waals surface area contributed by atoms with Crippen molar-refractivity contribution in [3.63, 3.8) is 0 Å². The van der Waals surface area contributed by atoms with E-state index in [9.17, 15) is 9.90 Å². The second-order valence-corrected chi connectivity index (χ2v) is 9.00. The van der Waals surface area contributed by atoms with Gasteiger partial charge >= 0.3 is 0 Å². The van der Waals surface area contributed by atoms with Crippen LogP contribution in [0.25, 0.3) is 0 Å². The molecule has 2 fully saturated rings. The fourth-order valence-corrected chi connectivity index (χ4v) is 5.63. The smallest absolute Gasteiger partial charge is 0.159 e. The molecule has 122 valence electrons. The molecular weight excluding hydrogens is 272 g/mol. The van der Waals surface area contributed by atoms with Crippen LogP contribution in [0.5, 0.6) is 0 Å². The van der Waals surface area contributed by atoms with E-state index < -0.39 is 11.5 Å². The minimum Gasteiger partial charge on any atom is -0.392 e. The van der Waals surface area contributed by atoms with E-state index in [-0.39, 0.29) is 16.7 Å². The van der Waals surface area contributed by atoms with Crippen molar-refractivity contribution in [2.45, 2.75) is 65.9 Å². The lowest BCUT2D eigenvalue weighted by molar-refractivity contribution is -0.133. The normalized spacial score (nSPS) is 47.2. The summed E-state index contributed by atoms with van der Waals surface area (Å²) in [6.45, 7) is 12.9. The van der Waals surface area contributed by atoms with Crippen LogP contribution in [0.4, 0.5) is 0 Å². The van der Waals surface area contributed by atoms with Gasteiger partial charge in [0.1, 0.15) is 0 Å². The quantitative estimate of drug-likeness (QED) is 0.734. The average Bonchev–Trinajstić information content (AvgIpc) is 2.44. The van der Waals surface area contributed by atoms with Crippen molar-refractivity contribution in [1.82, 2.24) is 0 Å². The fourth-order valence-electron chi connectivity index (χ4n) is 5.63. The molecule has 0 spiro atoms. The summed E-state index contributed by atoms with van der Waals surface area (Å²) < 4.78 is 0. The van der Waals surface area contributed by atoms with Gasteiger partial charge in [-0.1, -0.05) is 46.3 Å². The van der Waals surface area contributed by atoms with Crippen molar-refractivity contribution in [2.75, 3.05) is 0 Å². The second kappa shape index (κ2) is 4.80. The van der Waals surface area contributed by atoms with Gasteiger partial charge in [-0.3, -0.25) is 4.79 Å². The third kappa shape index (κ3) is 2.06. The lowest BCUT2D eigenvalue weighted by Crippen LogP contribution is -2.55. The molecule has 3 aliphatic carbocycles. The Labute approximate surface area is 134 Å². The van der Waals surface area contributed by atoms with Crippen molar-refractivity contribution in [2.24, 2.45) is 28.1 Å². The molecule has 0 radical (unpaired) electrons. The van der Waals surface area contributed by atoms with Crippen LogP contribution in [-0.2, 0) is 4.79 Å². The second-order valence-electron chi connectivity index (χ2n) is 9.00. The molecule has 3 aliphatic rings. The highest BCUT2D eigenvalue weighted by Crippen LogP contribution is 2.62. The average molecular weight is 302 g/mol. The maximum absolute atomic E-state index is 12.8. The predicted octanol–water partition coefficient (Wildman–Crippen LogP) is 4.29. The molecule has 0 saturated heterocycles. The van der Waals surface area contributed by atoms with Gasteiger partial charge in [0.25, 0.3) is 0 Å². The fraction of sp³-hybridized carbons (Fsp3) is 0.750. The molecule has 22 heavy (non-hydrogen) atoms.